The molecule has 0 aliphatic heterocycles. The second kappa shape index (κ2) is 7.54. The van der Waals surface area contributed by atoms with E-state index >= 15 is 0 Å². The van der Waals surface area contributed by atoms with Crippen molar-refractivity contribution in [3.8, 4) is 16.9 Å². The number of aromatic nitrogens is 1. The molecule has 2 aromatic carbocycles. The third-order valence-electron chi connectivity index (χ3n) is 5.31. The third kappa shape index (κ3) is 3.78. The monoisotopic (exact) mass is 390 g/mol. The molecule has 2 N–H and O–H groups in total. The Morgan fingerprint density at radius 2 is 1.86 bits per heavy atom. The summed E-state index contributed by atoms with van der Waals surface area (Å²) < 4.78 is 5.07. The number of nitrogens with zero attached hydrogens (tertiary/aromatic N) is 1. The minimum absolute atomic E-state index is 0.0609. The van der Waals surface area contributed by atoms with E-state index in [1.165, 1.54) is 6.07 Å². The zero-order valence-electron chi connectivity index (χ0n) is 16.1. The zero-order chi connectivity index (χ0) is 20.4. The van der Waals surface area contributed by atoms with Crippen LogP contribution in [0.2, 0.25) is 0 Å². The molecule has 0 spiro atoms. The van der Waals surface area contributed by atoms with E-state index in [0.717, 1.165) is 21.9 Å². The summed E-state index contributed by atoms with van der Waals surface area (Å²) in [6.07, 6.45) is 2.94. The summed E-state index contributed by atoms with van der Waals surface area (Å²) in [5, 5.41) is 15.3. The van der Waals surface area contributed by atoms with Crippen LogP contribution in [0.15, 0.2) is 54.7 Å². The molecule has 1 heterocycles. The largest absolute Gasteiger partial charge is 0.505 e. The van der Waals surface area contributed by atoms with Crippen molar-refractivity contribution in [1.29, 1.82) is 0 Å². The van der Waals surface area contributed by atoms with Crippen molar-refractivity contribution < 1.29 is 19.4 Å². The molecule has 0 saturated heterocycles. The number of carbonyl (C=O) groups excluding carboxylic acids is 2. The van der Waals surface area contributed by atoms with Crippen LogP contribution in [0, 0.1) is 5.41 Å². The molecule has 6 nitrogen and oxygen atoms in total. The van der Waals surface area contributed by atoms with Gasteiger partial charge in [0.2, 0.25) is 0 Å². The van der Waals surface area contributed by atoms with Crippen molar-refractivity contribution in [2.75, 3.05) is 13.2 Å². The van der Waals surface area contributed by atoms with Crippen LogP contribution in [0.25, 0.3) is 21.9 Å². The van der Waals surface area contributed by atoms with Crippen molar-refractivity contribution in [1.82, 2.24) is 10.3 Å². The van der Waals surface area contributed by atoms with Gasteiger partial charge in [0.1, 0.15) is 5.75 Å². The SMILES string of the molecule is CCOC(=O)C1(CNC(=O)c2ncc(-c3ccc4ccccc4c3)cc2O)CC1. The van der Waals surface area contributed by atoms with Crippen LogP contribution in [0.5, 0.6) is 5.75 Å². The number of hydrogen-bond acceptors (Lipinski definition) is 5. The number of benzene rings is 2. The lowest BCUT2D eigenvalue weighted by molar-refractivity contribution is -0.149. The summed E-state index contributed by atoms with van der Waals surface area (Å²) in [6, 6.07) is 15.5. The number of esters is 1. The van der Waals surface area contributed by atoms with Crippen LogP contribution in [-0.2, 0) is 9.53 Å². The highest BCUT2D eigenvalue weighted by Gasteiger charge is 2.51. The van der Waals surface area contributed by atoms with Crippen LogP contribution in [0.1, 0.15) is 30.3 Å². The molecular formula is C23H22N2O4. The van der Waals surface area contributed by atoms with Gasteiger partial charge in [0.25, 0.3) is 5.91 Å². The maximum absolute atomic E-state index is 12.5. The standard InChI is InChI=1S/C23H22N2O4/c1-2-29-22(28)23(9-10-23)14-25-21(27)20-19(26)12-18(13-24-20)17-8-7-15-5-3-4-6-16(15)11-17/h3-8,11-13,26H,2,9-10,14H2,1H3,(H,25,27). The van der Waals surface area contributed by atoms with E-state index in [9.17, 15) is 14.7 Å². The van der Waals surface area contributed by atoms with Crippen molar-refractivity contribution >= 4 is 22.6 Å². The Morgan fingerprint density at radius 1 is 1.10 bits per heavy atom. The van der Waals surface area contributed by atoms with Gasteiger partial charge in [-0.1, -0.05) is 36.4 Å². The lowest BCUT2D eigenvalue weighted by Crippen LogP contribution is -2.35. The van der Waals surface area contributed by atoms with Gasteiger partial charge in [0, 0.05) is 18.3 Å². The summed E-state index contributed by atoms with van der Waals surface area (Å²) in [7, 11) is 0. The molecular weight excluding hydrogens is 368 g/mol. The quantitative estimate of drug-likeness (QED) is 0.627. The second-order valence-electron chi connectivity index (χ2n) is 7.34. The molecule has 148 valence electrons. The normalized spacial score (nSPS) is 14.4. The van der Waals surface area contributed by atoms with E-state index < -0.39 is 11.3 Å². The van der Waals surface area contributed by atoms with Crippen molar-refractivity contribution in [3.05, 3.63) is 60.4 Å². The maximum Gasteiger partial charge on any atom is 0.313 e. The average molecular weight is 390 g/mol. The van der Waals surface area contributed by atoms with E-state index in [4.69, 9.17) is 4.74 Å². The number of rotatable bonds is 6. The summed E-state index contributed by atoms with van der Waals surface area (Å²) >= 11 is 0. The topological polar surface area (TPSA) is 88.5 Å². The molecule has 1 saturated carbocycles. The average Bonchev–Trinajstić information content (AvgIpc) is 3.53. The first-order valence-electron chi connectivity index (χ1n) is 9.66. The lowest BCUT2D eigenvalue weighted by atomic mass is 10.0. The Bertz CT molecular complexity index is 1090. The number of ether oxygens (including phenoxy) is 1. The van der Waals surface area contributed by atoms with Crippen LogP contribution < -0.4 is 5.32 Å². The smallest absolute Gasteiger partial charge is 0.313 e. The van der Waals surface area contributed by atoms with Gasteiger partial charge < -0.3 is 15.2 Å². The number of pyridine rings is 1. The molecule has 1 aliphatic carbocycles. The van der Waals surface area contributed by atoms with Crippen LogP contribution >= 0.6 is 0 Å². The Labute approximate surface area is 168 Å². The van der Waals surface area contributed by atoms with Crippen molar-refractivity contribution in [3.63, 3.8) is 0 Å². The van der Waals surface area contributed by atoms with E-state index in [0.29, 0.717) is 19.4 Å². The van der Waals surface area contributed by atoms with Gasteiger partial charge >= 0.3 is 5.97 Å². The van der Waals surface area contributed by atoms with Gasteiger partial charge in [-0.05, 0) is 48.2 Å². The molecule has 1 aliphatic rings. The molecule has 0 atom stereocenters. The molecule has 0 radical (unpaired) electrons. The second-order valence-corrected chi connectivity index (χ2v) is 7.34. The fourth-order valence-electron chi connectivity index (χ4n) is 3.38. The van der Waals surface area contributed by atoms with E-state index in [2.05, 4.69) is 10.3 Å². The van der Waals surface area contributed by atoms with E-state index in [1.807, 2.05) is 42.5 Å². The predicted octanol–water partition coefficient (Wildman–Crippen LogP) is 3.68. The number of aromatic hydroxyl groups is 1. The summed E-state index contributed by atoms with van der Waals surface area (Å²) in [5.41, 5.74) is 0.925. The first-order valence-corrected chi connectivity index (χ1v) is 9.66. The fourth-order valence-corrected chi connectivity index (χ4v) is 3.38. The van der Waals surface area contributed by atoms with E-state index in [-0.39, 0.29) is 24.0 Å². The highest BCUT2D eigenvalue weighted by Crippen LogP contribution is 2.46. The van der Waals surface area contributed by atoms with Crippen LogP contribution in [0.4, 0.5) is 0 Å². The molecule has 0 bridgehead atoms. The maximum atomic E-state index is 12.5. The number of amides is 1. The van der Waals surface area contributed by atoms with Gasteiger partial charge in [0.15, 0.2) is 5.69 Å². The Hall–Kier alpha value is -3.41. The molecule has 0 unspecified atom stereocenters. The Balaban J connectivity index is 1.49. The first kappa shape index (κ1) is 18.9. The first-order chi connectivity index (χ1) is 14.0. The molecule has 29 heavy (non-hydrogen) atoms. The summed E-state index contributed by atoms with van der Waals surface area (Å²) in [6.45, 7) is 2.25. The minimum atomic E-state index is -0.633. The van der Waals surface area contributed by atoms with Gasteiger partial charge in [-0.25, -0.2) is 4.98 Å². The summed E-state index contributed by atoms with van der Waals surface area (Å²) in [5.74, 6) is -0.999. The summed E-state index contributed by atoms with van der Waals surface area (Å²) in [4.78, 5) is 28.6. The van der Waals surface area contributed by atoms with Crippen LogP contribution in [-0.4, -0.2) is 35.1 Å². The number of nitrogens with one attached hydrogen (secondary N) is 1. The highest BCUT2D eigenvalue weighted by molar-refractivity contribution is 5.96. The zero-order valence-corrected chi connectivity index (χ0v) is 16.1. The molecule has 3 aromatic rings. The number of carbonyl (C=O) groups is 2. The highest BCUT2D eigenvalue weighted by atomic mass is 16.5. The Morgan fingerprint density at radius 3 is 2.55 bits per heavy atom. The van der Waals surface area contributed by atoms with Gasteiger partial charge in [0.05, 0.1) is 12.0 Å². The van der Waals surface area contributed by atoms with Gasteiger partial charge in [-0.2, -0.15) is 0 Å². The predicted molar refractivity (Wildman–Crippen MR) is 109 cm³/mol. The molecule has 1 fully saturated rings. The van der Waals surface area contributed by atoms with Gasteiger partial charge in [-0.15, -0.1) is 0 Å². The molecule has 1 aromatic heterocycles. The van der Waals surface area contributed by atoms with Gasteiger partial charge in [-0.3, -0.25) is 9.59 Å². The van der Waals surface area contributed by atoms with Crippen molar-refractivity contribution in [2.45, 2.75) is 19.8 Å². The lowest BCUT2D eigenvalue weighted by Gasteiger charge is -2.14. The van der Waals surface area contributed by atoms with E-state index in [1.54, 1.807) is 13.1 Å². The minimum Gasteiger partial charge on any atom is -0.505 e. The van der Waals surface area contributed by atoms with Crippen LogP contribution in [0.3, 0.4) is 0 Å². The van der Waals surface area contributed by atoms with Crippen molar-refractivity contribution in [2.24, 2.45) is 5.41 Å². The Kier molecular flexibility index (Phi) is 4.92. The third-order valence-corrected chi connectivity index (χ3v) is 5.31. The molecule has 1 amide bonds. The number of fused-ring (bicyclic) bond motifs is 1. The molecule has 4 rings (SSSR count). The molecule has 6 heteroatoms. The fraction of sp³-hybridized carbons (Fsp3) is 0.261. The number of hydrogen-bond donors (Lipinski definition) is 2.